The van der Waals surface area contributed by atoms with Crippen molar-refractivity contribution in [2.45, 2.75) is 52.1 Å². The second kappa shape index (κ2) is 7.10. The van der Waals surface area contributed by atoms with Crippen molar-refractivity contribution in [1.29, 1.82) is 0 Å². The van der Waals surface area contributed by atoms with Gasteiger partial charge < -0.3 is 14.7 Å². The number of carboxylic acid groups (broad SMARTS) is 1. The van der Waals surface area contributed by atoms with Gasteiger partial charge >= 0.3 is 5.97 Å². The van der Waals surface area contributed by atoms with E-state index < -0.39 is 11.4 Å². The van der Waals surface area contributed by atoms with Crippen LogP contribution < -0.4 is 0 Å². The number of carboxylic acids is 1. The summed E-state index contributed by atoms with van der Waals surface area (Å²) >= 11 is 0. The molecule has 0 unspecified atom stereocenters. The van der Waals surface area contributed by atoms with Gasteiger partial charge in [0.25, 0.3) is 0 Å². The zero-order chi connectivity index (χ0) is 13.6. The van der Waals surface area contributed by atoms with Crippen LogP contribution in [0.1, 0.15) is 46.0 Å². The van der Waals surface area contributed by atoms with Gasteiger partial charge in [-0.1, -0.05) is 19.3 Å². The molecule has 18 heavy (non-hydrogen) atoms. The van der Waals surface area contributed by atoms with Crippen molar-refractivity contribution in [3.63, 3.8) is 0 Å². The highest BCUT2D eigenvalue weighted by Crippen LogP contribution is 2.37. The van der Waals surface area contributed by atoms with E-state index in [1.54, 1.807) is 0 Å². The van der Waals surface area contributed by atoms with Gasteiger partial charge in [0.05, 0.1) is 18.1 Å². The molecule has 0 aromatic carbocycles. The van der Waals surface area contributed by atoms with Crippen LogP contribution in [0.25, 0.3) is 0 Å². The largest absolute Gasteiger partial charge is 0.481 e. The monoisotopic (exact) mass is 257 g/mol. The summed E-state index contributed by atoms with van der Waals surface area (Å²) in [7, 11) is 1.99. The number of aliphatic carboxylic acids is 1. The molecule has 1 fully saturated rings. The molecule has 106 valence electrons. The third-order valence-corrected chi connectivity index (χ3v) is 3.76. The molecule has 1 saturated carbocycles. The number of ether oxygens (including phenoxy) is 1. The van der Waals surface area contributed by atoms with Gasteiger partial charge in [0.1, 0.15) is 0 Å². The summed E-state index contributed by atoms with van der Waals surface area (Å²) in [5.41, 5.74) is -0.523. The number of hydrogen-bond donors (Lipinski definition) is 1. The average Bonchev–Trinajstić information content (AvgIpc) is 2.29. The predicted octanol–water partition coefficient (Wildman–Crippen LogP) is 2.38. The number of hydrogen-bond acceptors (Lipinski definition) is 3. The normalized spacial score (nSPS) is 19.4. The van der Waals surface area contributed by atoms with E-state index in [-0.39, 0.29) is 6.10 Å². The van der Waals surface area contributed by atoms with Gasteiger partial charge in [0, 0.05) is 13.1 Å². The minimum absolute atomic E-state index is 0.238. The molecule has 0 aliphatic heterocycles. The Hall–Kier alpha value is -0.610. The Balaban J connectivity index is 2.43. The highest BCUT2D eigenvalue weighted by atomic mass is 16.5. The molecule has 0 aromatic heterocycles. The van der Waals surface area contributed by atoms with E-state index in [2.05, 4.69) is 4.90 Å². The van der Waals surface area contributed by atoms with Crippen molar-refractivity contribution in [2.24, 2.45) is 5.41 Å². The van der Waals surface area contributed by atoms with Crippen LogP contribution in [-0.2, 0) is 9.53 Å². The first-order valence-corrected chi connectivity index (χ1v) is 7.00. The third kappa shape index (κ3) is 4.58. The van der Waals surface area contributed by atoms with Gasteiger partial charge in [0.2, 0.25) is 0 Å². The van der Waals surface area contributed by atoms with E-state index in [4.69, 9.17) is 4.74 Å². The van der Waals surface area contributed by atoms with E-state index in [0.717, 1.165) is 32.2 Å². The Morgan fingerprint density at radius 3 is 2.44 bits per heavy atom. The van der Waals surface area contributed by atoms with Crippen LogP contribution in [0.3, 0.4) is 0 Å². The van der Waals surface area contributed by atoms with E-state index in [9.17, 15) is 9.90 Å². The fraction of sp³-hybridized carbons (Fsp3) is 0.929. The molecule has 0 amide bonds. The lowest BCUT2D eigenvalue weighted by molar-refractivity contribution is -0.152. The minimum Gasteiger partial charge on any atom is -0.481 e. The molecule has 1 rings (SSSR count). The number of likely N-dealkylation sites (N-methyl/N-ethyl adjacent to an activating group) is 1. The summed E-state index contributed by atoms with van der Waals surface area (Å²) in [5, 5.41) is 9.49. The maximum absolute atomic E-state index is 11.5. The summed E-state index contributed by atoms with van der Waals surface area (Å²) in [6.45, 7) is 6.14. The standard InChI is InChI=1S/C14H27NO3/c1-12(2)18-10-9-15(3)11-14(13(16)17)7-5-4-6-8-14/h12H,4-11H2,1-3H3,(H,16,17). The van der Waals surface area contributed by atoms with E-state index in [1.165, 1.54) is 6.42 Å². The zero-order valence-electron chi connectivity index (χ0n) is 11.9. The molecule has 0 aromatic rings. The number of carbonyl (C=O) groups is 1. The van der Waals surface area contributed by atoms with Crippen molar-refractivity contribution in [1.82, 2.24) is 4.90 Å². The highest BCUT2D eigenvalue weighted by Gasteiger charge is 2.40. The fourth-order valence-corrected chi connectivity index (χ4v) is 2.71. The van der Waals surface area contributed by atoms with Crippen molar-refractivity contribution >= 4 is 5.97 Å². The molecular formula is C14H27NO3. The molecule has 0 atom stereocenters. The van der Waals surface area contributed by atoms with Crippen LogP contribution in [0.15, 0.2) is 0 Å². The Kier molecular flexibility index (Phi) is 6.09. The topological polar surface area (TPSA) is 49.8 Å². The maximum atomic E-state index is 11.5. The lowest BCUT2D eigenvalue weighted by atomic mass is 9.73. The van der Waals surface area contributed by atoms with E-state index >= 15 is 0 Å². The lowest BCUT2D eigenvalue weighted by Gasteiger charge is -2.36. The number of nitrogens with zero attached hydrogens (tertiary/aromatic N) is 1. The molecular weight excluding hydrogens is 230 g/mol. The van der Waals surface area contributed by atoms with E-state index in [0.29, 0.717) is 13.2 Å². The molecule has 0 radical (unpaired) electrons. The van der Waals surface area contributed by atoms with Crippen LogP contribution in [0, 0.1) is 5.41 Å². The lowest BCUT2D eigenvalue weighted by Crippen LogP contribution is -2.44. The molecule has 4 nitrogen and oxygen atoms in total. The molecule has 0 saturated heterocycles. The van der Waals surface area contributed by atoms with Crippen LogP contribution >= 0.6 is 0 Å². The molecule has 0 bridgehead atoms. The van der Waals surface area contributed by atoms with Crippen molar-refractivity contribution in [2.75, 3.05) is 26.7 Å². The van der Waals surface area contributed by atoms with Crippen LogP contribution in [0.2, 0.25) is 0 Å². The first-order chi connectivity index (χ1) is 8.46. The SMILES string of the molecule is CC(C)OCCN(C)CC1(C(=O)O)CCCCC1. The van der Waals surface area contributed by atoms with E-state index in [1.807, 2.05) is 20.9 Å². The van der Waals surface area contributed by atoms with Gasteiger partial charge in [0.15, 0.2) is 0 Å². The average molecular weight is 257 g/mol. The van der Waals surface area contributed by atoms with Gasteiger partial charge in [-0.05, 0) is 33.7 Å². The summed E-state index contributed by atoms with van der Waals surface area (Å²) in [6.07, 6.45) is 5.14. The summed E-state index contributed by atoms with van der Waals surface area (Å²) in [4.78, 5) is 13.6. The van der Waals surface area contributed by atoms with Gasteiger partial charge in [-0.15, -0.1) is 0 Å². The molecule has 1 N–H and O–H groups in total. The number of rotatable bonds is 7. The third-order valence-electron chi connectivity index (χ3n) is 3.76. The molecule has 1 aliphatic carbocycles. The van der Waals surface area contributed by atoms with Gasteiger partial charge in [-0.25, -0.2) is 0 Å². The Labute approximate surface area is 110 Å². The van der Waals surface area contributed by atoms with Gasteiger partial charge in [-0.3, -0.25) is 4.79 Å². The molecule has 0 spiro atoms. The summed E-state index contributed by atoms with van der Waals surface area (Å²) in [6, 6.07) is 0. The quantitative estimate of drug-likeness (QED) is 0.760. The zero-order valence-corrected chi connectivity index (χ0v) is 11.9. The second-order valence-electron chi connectivity index (χ2n) is 5.80. The highest BCUT2D eigenvalue weighted by molar-refractivity contribution is 5.75. The van der Waals surface area contributed by atoms with Crippen molar-refractivity contribution in [3.05, 3.63) is 0 Å². The van der Waals surface area contributed by atoms with Crippen LogP contribution in [-0.4, -0.2) is 48.8 Å². The predicted molar refractivity (Wildman–Crippen MR) is 71.7 cm³/mol. The maximum Gasteiger partial charge on any atom is 0.310 e. The van der Waals surface area contributed by atoms with Crippen molar-refractivity contribution in [3.8, 4) is 0 Å². The van der Waals surface area contributed by atoms with Crippen molar-refractivity contribution < 1.29 is 14.6 Å². The smallest absolute Gasteiger partial charge is 0.310 e. The van der Waals surface area contributed by atoms with Gasteiger partial charge in [-0.2, -0.15) is 0 Å². The Morgan fingerprint density at radius 1 is 1.33 bits per heavy atom. The summed E-state index contributed by atoms with van der Waals surface area (Å²) in [5.74, 6) is -0.626. The summed E-state index contributed by atoms with van der Waals surface area (Å²) < 4.78 is 5.51. The van der Waals surface area contributed by atoms with Crippen LogP contribution in [0.4, 0.5) is 0 Å². The Bertz CT molecular complexity index is 260. The molecule has 1 aliphatic rings. The molecule has 0 heterocycles. The van der Waals surface area contributed by atoms with Crippen LogP contribution in [0.5, 0.6) is 0 Å². The Morgan fingerprint density at radius 2 is 1.94 bits per heavy atom. The first kappa shape index (κ1) is 15.4. The molecule has 4 heteroatoms. The second-order valence-corrected chi connectivity index (χ2v) is 5.80. The fourth-order valence-electron chi connectivity index (χ4n) is 2.71. The first-order valence-electron chi connectivity index (χ1n) is 7.00. The minimum atomic E-state index is -0.626.